The maximum absolute atomic E-state index is 13.4. The lowest BCUT2D eigenvalue weighted by Crippen LogP contribution is -2.15. The second kappa shape index (κ2) is 5.64. The first-order chi connectivity index (χ1) is 10.6. The van der Waals surface area contributed by atoms with Gasteiger partial charge in [0.1, 0.15) is 5.82 Å². The lowest BCUT2D eigenvalue weighted by Gasteiger charge is -2.05. The lowest BCUT2D eigenvalue weighted by atomic mass is 10.00. The van der Waals surface area contributed by atoms with Gasteiger partial charge in [0.15, 0.2) is 0 Å². The fourth-order valence-corrected chi connectivity index (χ4v) is 2.55. The molecule has 0 saturated carbocycles. The van der Waals surface area contributed by atoms with Gasteiger partial charge in [-0.2, -0.15) is 0 Å². The van der Waals surface area contributed by atoms with Crippen LogP contribution in [-0.4, -0.2) is 9.78 Å². The van der Waals surface area contributed by atoms with Gasteiger partial charge in [-0.25, -0.2) is 9.07 Å². The Morgan fingerprint density at radius 3 is 2.41 bits per heavy atom. The summed E-state index contributed by atoms with van der Waals surface area (Å²) in [6.07, 6.45) is 0. The molecule has 3 nitrogen and oxygen atoms in total. The normalized spacial score (nSPS) is 11.1. The SMILES string of the molecule is CC(C)c1[nH]n(-c2cccc(F)c2)c(=O)c1-c1ccccc1. The Labute approximate surface area is 128 Å². The van der Waals surface area contributed by atoms with E-state index in [1.54, 1.807) is 12.1 Å². The average Bonchev–Trinajstić information content (AvgIpc) is 2.86. The number of nitrogens with one attached hydrogen (secondary N) is 1. The van der Waals surface area contributed by atoms with Crippen molar-refractivity contribution < 1.29 is 4.39 Å². The van der Waals surface area contributed by atoms with Crippen molar-refractivity contribution in [2.24, 2.45) is 0 Å². The highest BCUT2D eigenvalue weighted by Gasteiger charge is 2.19. The summed E-state index contributed by atoms with van der Waals surface area (Å²) >= 11 is 0. The molecule has 0 fully saturated rings. The maximum atomic E-state index is 13.4. The molecule has 2 aromatic carbocycles. The summed E-state index contributed by atoms with van der Waals surface area (Å²) in [5.41, 5.74) is 2.68. The molecule has 0 spiro atoms. The third-order valence-corrected chi connectivity index (χ3v) is 3.62. The number of benzene rings is 2. The van der Waals surface area contributed by atoms with Crippen molar-refractivity contribution in [3.05, 3.63) is 76.5 Å². The molecule has 0 unspecified atom stereocenters. The predicted molar refractivity (Wildman–Crippen MR) is 85.9 cm³/mol. The average molecular weight is 296 g/mol. The number of aromatic amines is 1. The number of halogens is 1. The van der Waals surface area contributed by atoms with Crippen LogP contribution in [0.4, 0.5) is 4.39 Å². The first-order valence-electron chi connectivity index (χ1n) is 7.24. The van der Waals surface area contributed by atoms with Crippen LogP contribution in [0, 0.1) is 5.82 Å². The van der Waals surface area contributed by atoms with E-state index in [2.05, 4.69) is 5.10 Å². The standard InChI is InChI=1S/C18H17FN2O/c1-12(2)17-16(13-7-4-3-5-8-13)18(22)21(20-17)15-10-6-9-14(19)11-15/h3-12,20H,1-2H3. The van der Waals surface area contributed by atoms with Gasteiger partial charge < -0.3 is 0 Å². The maximum Gasteiger partial charge on any atom is 0.279 e. The number of hydrogen-bond donors (Lipinski definition) is 1. The van der Waals surface area contributed by atoms with E-state index >= 15 is 0 Å². The van der Waals surface area contributed by atoms with Crippen LogP contribution in [0.5, 0.6) is 0 Å². The molecule has 1 heterocycles. The number of hydrogen-bond acceptors (Lipinski definition) is 1. The predicted octanol–water partition coefficient (Wildman–Crippen LogP) is 4.10. The number of aromatic nitrogens is 2. The summed E-state index contributed by atoms with van der Waals surface area (Å²) in [7, 11) is 0. The van der Waals surface area contributed by atoms with E-state index in [1.165, 1.54) is 16.8 Å². The van der Waals surface area contributed by atoms with Crippen molar-refractivity contribution in [1.82, 2.24) is 9.78 Å². The van der Waals surface area contributed by atoms with E-state index < -0.39 is 0 Å². The van der Waals surface area contributed by atoms with Crippen LogP contribution < -0.4 is 5.56 Å². The molecule has 3 aromatic rings. The molecule has 0 atom stereocenters. The summed E-state index contributed by atoms with van der Waals surface area (Å²) in [5, 5.41) is 3.13. The van der Waals surface area contributed by atoms with Crippen molar-refractivity contribution in [2.45, 2.75) is 19.8 Å². The monoisotopic (exact) mass is 296 g/mol. The van der Waals surface area contributed by atoms with Gasteiger partial charge in [-0.05, 0) is 29.7 Å². The van der Waals surface area contributed by atoms with Gasteiger partial charge in [0.25, 0.3) is 5.56 Å². The van der Waals surface area contributed by atoms with Gasteiger partial charge in [0.2, 0.25) is 0 Å². The van der Waals surface area contributed by atoms with Crippen LogP contribution in [0.3, 0.4) is 0 Å². The Bertz CT molecular complexity index is 847. The highest BCUT2D eigenvalue weighted by Crippen LogP contribution is 2.25. The van der Waals surface area contributed by atoms with Gasteiger partial charge in [-0.15, -0.1) is 0 Å². The van der Waals surface area contributed by atoms with E-state index in [0.29, 0.717) is 11.3 Å². The van der Waals surface area contributed by atoms with E-state index in [4.69, 9.17) is 0 Å². The minimum Gasteiger partial charge on any atom is -0.294 e. The fourth-order valence-electron chi connectivity index (χ4n) is 2.55. The van der Waals surface area contributed by atoms with Crippen LogP contribution in [0.25, 0.3) is 16.8 Å². The lowest BCUT2D eigenvalue weighted by molar-refractivity contribution is 0.624. The quantitative estimate of drug-likeness (QED) is 0.776. The van der Waals surface area contributed by atoms with Crippen molar-refractivity contribution in [3.8, 4) is 16.8 Å². The van der Waals surface area contributed by atoms with Gasteiger partial charge >= 0.3 is 0 Å². The largest absolute Gasteiger partial charge is 0.294 e. The van der Waals surface area contributed by atoms with E-state index in [-0.39, 0.29) is 17.3 Å². The molecule has 112 valence electrons. The Hall–Kier alpha value is -2.62. The topological polar surface area (TPSA) is 37.8 Å². The second-order valence-corrected chi connectivity index (χ2v) is 5.54. The third kappa shape index (κ3) is 2.48. The van der Waals surface area contributed by atoms with Crippen LogP contribution in [0.15, 0.2) is 59.4 Å². The Morgan fingerprint density at radius 1 is 1.05 bits per heavy atom. The number of nitrogens with zero attached hydrogens (tertiary/aromatic N) is 1. The third-order valence-electron chi connectivity index (χ3n) is 3.62. The van der Waals surface area contributed by atoms with Crippen LogP contribution in [0.1, 0.15) is 25.5 Å². The van der Waals surface area contributed by atoms with Crippen LogP contribution in [0.2, 0.25) is 0 Å². The molecule has 3 rings (SSSR count). The molecule has 0 aliphatic carbocycles. The molecular formula is C18H17FN2O. The zero-order chi connectivity index (χ0) is 15.7. The number of H-pyrrole nitrogens is 1. The summed E-state index contributed by atoms with van der Waals surface area (Å²) < 4.78 is 14.8. The van der Waals surface area contributed by atoms with Crippen molar-refractivity contribution in [2.75, 3.05) is 0 Å². The van der Waals surface area contributed by atoms with Crippen LogP contribution >= 0.6 is 0 Å². The smallest absolute Gasteiger partial charge is 0.279 e. The first kappa shape index (κ1) is 14.3. The molecule has 0 saturated heterocycles. The van der Waals surface area contributed by atoms with E-state index in [0.717, 1.165) is 11.3 Å². The highest BCUT2D eigenvalue weighted by molar-refractivity contribution is 5.66. The van der Waals surface area contributed by atoms with Crippen molar-refractivity contribution in [1.29, 1.82) is 0 Å². The van der Waals surface area contributed by atoms with Gasteiger partial charge in [0, 0.05) is 5.69 Å². The Morgan fingerprint density at radius 2 is 1.77 bits per heavy atom. The molecule has 4 heteroatoms. The highest BCUT2D eigenvalue weighted by atomic mass is 19.1. The zero-order valence-corrected chi connectivity index (χ0v) is 12.5. The summed E-state index contributed by atoms with van der Waals surface area (Å²) in [6.45, 7) is 4.04. The summed E-state index contributed by atoms with van der Waals surface area (Å²) in [5.74, 6) is -0.218. The summed E-state index contributed by atoms with van der Waals surface area (Å²) in [4.78, 5) is 12.8. The molecule has 0 aliphatic rings. The Kier molecular flexibility index (Phi) is 3.67. The molecular weight excluding hydrogens is 279 g/mol. The molecule has 0 radical (unpaired) electrons. The van der Waals surface area contributed by atoms with Gasteiger partial charge in [-0.1, -0.05) is 50.2 Å². The molecule has 1 aromatic heterocycles. The van der Waals surface area contributed by atoms with Crippen molar-refractivity contribution >= 4 is 0 Å². The van der Waals surface area contributed by atoms with Gasteiger partial charge in [0.05, 0.1) is 11.3 Å². The molecule has 0 aliphatic heterocycles. The van der Waals surface area contributed by atoms with E-state index in [1.807, 2.05) is 44.2 Å². The van der Waals surface area contributed by atoms with E-state index in [9.17, 15) is 9.18 Å². The molecule has 1 N–H and O–H groups in total. The Balaban J connectivity index is 2.25. The van der Waals surface area contributed by atoms with Crippen molar-refractivity contribution in [3.63, 3.8) is 0 Å². The minimum atomic E-state index is -0.369. The minimum absolute atomic E-state index is 0.151. The summed E-state index contributed by atoms with van der Waals surface area (Å²) in [6, 6.07) is 15.5. The molecule has 22 heavy (non-hydrogen) atoms. The first-order valence-corrected chi connectivity index (χ1v) is 7.24. The molecule has 0 amide bonds. The zero-order valence-electron chi connectivity index (χ0n) is 12.5. The molecule has 0 bridgehead atoms. The fraction of sp³-hybridized carbons (Fsp3) is 0.167. The van der Waals surface area contributed by atoms with Crippen LogP contribution in [-0.2, 0) is 0 Å². The van der Waals surface area contributed by atoms with Gasteiger partial charge in [-0.3, -0.25) is 9.89 Å². The number of rotatable bonds is 3. The second-order valence-electron chi connectivity index (χ2n) is 5.54.